The van der Waals surface area contributed by atoms with Gasteiger partial charge in [-0.05, 0) is 36.8 Å². The molecule has 1 atom stereocenters. The lowest BCUT2D eigenvalue weighted by atomic mass is 9.84. The molecule has 0 saturated carbocycles. The number of hydrogen-bond acceptors (Lipinski definition) is 6. The smallest absolute Gasteiger partial charge is 0.312 e. The van der Waals surface area contributed by atoms with Gasteiger partial charge in [-0.3, -0.25) is 9.59 Å². The quantitative estimate of drug-likeness (QED) is 0.522. The summed E-state index contributed by atoms with van der Waals surface area (Å²) in [7, 11) is 3.06. The van der Waals surface area contributed by atoms with Crippen molar-refractivity contribution in [3.05, 3.63) is 47.0 Å². The fourth-order valence-corrected chi connectivity index (χ4v) is 3.09. The van der Waals surface area contributed by atoms with Crippen LogP contribution in [0.5, 0.6) is 23.0 Å². The second-order valence-electron chi connectivity index (χ2n) is 5.77. The molecule has 1 N–H and O–H groups in total. The Balaban J connectivity index is 2.17. The lowest BCUT2D eigenvalue weighted by Gasteiger charge is -2.27. The van der Waals surface area contributed by atoms with E-state index in [4.69, 9.17) is 14.2 Å². The van der Waals surface area contributed by atoms with Crippen LogP contribution in [0.25, 0.3) is 0 Å². The summed E-state index contributed by atoms with van der Waals surface area (Å²) in [6, 6.07) is 8.29. The molecule has 0 spiro atoms. The average Bonchev–Trinajstić information content (AvgIpc) is 2.60. The molecular formula is C19H18O6. The van der Waals surface area contributed by atoms with E-state index in [0.717, 1.165) is 5.56 Å². The minimum atomic E-state index is -0.449. The van der Waals surface area contributed by atoms with Gasteiger partial charge in [0.1, 0.15) is 11.5 Å². The Morgan fingerprint density at radius 1 is 1.16 bits per heavy atom. The molecule has 1 aliphatic rings. The maximum absolute atomic E-state index is 12.0. The van der Waals surface area contributed by atoms with Crippen molar-refractivity contribution in [1.82, 2.24) is 0 Å². The van der Waals surface area contributed by atoms with E-state index < -0.39 is 11.9 Å². The van der Waals surface area contributed by atoms with E-state index in [2.05, 4.69) is 0 Å². The molecule has 0 saturated heterocycles. The number of fused-ring (bicyclic) bond motifs is 1. The van der Waals surface area contributed by atoms with Crippen molar-refractivity contribution in [2.45, 2.75) is 19.3 Å². The molecule has 0 amide bonds. The molecule has 1 aliphatic heterocycles. The second-order valence-corrected chi connectivity index (χ2v) is 5.77. The highest BCUT2D eigenvalue weighted by Crippen LogP contribution is 2.46. The van der Waals surface area contributed by atoms with Gasteiger partial charge in [0.2, 0.25) is 0 Å². The molecule has 6 nitrogen and oxygen atoms in total. The zero-order valence-corrected chi connectivity index (χ0v) is 14.2. The first-order valence-electron chi connectivity index (χ1n) is 7.75. The number of methoxy groups -OCH3 is 2. The molecule has 2 aromatic carbocycles. The average molecular weight is 342 g/mol. The molecular weight excluding hydrogens is 324 g/mol. The van der Waals surface area contributed by atoms with Crippen LogP contribution >= 0.6 is 0 Å². The predicted molar refractivity (Wildman–Crippen MR) is 89.8 cm³/mol. The van der Waals surface area contributed by atoms with E-state index in [0.29, 0.717) is 17.1 Å². The number of Topliss-reactive ketones (excluding diaryl/α,β-unsaturated/α-hetero) is 1. The summed E-state index contributed by atoms with van der Waals surface area (Å²) in [5.74, 6) is 0.0750. The number of ether oxygens (including phenoxy) is 3. The number of carbonyl (C=O) groups excluding carboxylic acids is 2. The first-order chi connectivity index (χ1) is 12.0. The second kappa shape index (κ2) is 6.47. The third-order valence-corrected chi connectivity index (χ3v) is 4.31. The third kappa shape index (κ3) is 2.91. The van der Waals surface area contributed by atoms with Crippen LogP contribution in [0.1, 0.15) is 40.7 Å². The summed E-state index contributed by atoms with van der Waals surface area (Å²) in [5, 5.41) is 10.6. The standard InChI is InChI=1S/C19H18O6/c1-10(20)12-5-7-15-18(19(12)22)13(9-17(21)25-15)11-4-6-14(23-2)16(8-11)24-3/h4-8,13,22H,9H2,1-3H3. The van der Waals surface area contributed by atoms with Gasteiger partial charge in [0.05, 0.1) is 26.2 Å². The number of aromatic hydroxyl groups is 1. The number of esters is 1. The number of phenolic OH excluding ortho intramolecular Hbond substituents is 1. The monoisotopic (exact) mass is 342 g/mol. The number of rotatable bonds is 4. The van der Waals surface area contributed by atoms with E-state index >= 15 is 0 Å². The van der Waals surface area contributed by atoms with Gasteiger partial charge in [-0.25, -0.2) is 0 Å². The van der Waals surface area contributed by atoms with Crippen molar-refractivity contribution in [3.63, 3.8) is 0 Å². The van der Waals surface area contributed by atoms with Gasteiger partial charge in [0, 0.05) is 11.5 Å². The Morgan fingerprint density at radius 2 is 1.88 bits per heavy atom. The van der Waals surface area contributed by atoms with Gasteiger partial charge in [0.25, 0.3) is 0 Å². The van der Waals surface area contributed by atoms with E-state index in [1.165, 1.54) is 33.3 Å². The van der Waals surface area contributed by atoms with E-state index in [1.54, 1.807) is 18.2 Å². The highest BCUT2D eigenvalue weighted by atomic mass is 16.5. The van der Waals surface area contributed by atoms with Crippen molar-refractivity contribution in [1.29, 1.82) is 0 Å². The van der Waals surface area contributed by atoms with Gasteiger partial charge < -0.3 is 19.3 Å². The van der Waals surface area contributed by atoms with Crippen molar-refractivity contribution in [3.8, 4) is 23.0 Å². The van der Waals surface area contributed by atoms with Crippen molar-refractivity contribution in [2.24, 2.45) is 0 Å². The Morgan fingerprint density at radius 3 is 2.52 bits per heavy atom. The summed E-state index contributed by atoms with van der Waals surface area (Å²) in [5.41, 5.74) is 1.38. The van der Waals surface area contributed by atoms with Crippen LogP contribution in [-0.2, 0) is 4.79 Å². The Hall–Kier alpha value is -3.02. The number of carbonyl (C=O) groups is 2. The molecule has 6 heteroatoms. The highest BCUT2D eigenvalue weighted by molar-refractivity contribution is 5.98. The van der Waals surface area contributed by atoms with Crippen molar-refractivity contribution < 1.29 is 28.9 Å². The normalized spacial score (nSPS) is 16.0. The molecule has 0 fully saturated rings. The summed E-state index contributed by atoms with van der Waals surface area (Å²) >= 11 is 0. The molecule has 2 aromatic rings. The topological polar surface area (TPSA) is 82.1 Å². The van der Waals surface area contributed by atoms with Gasteiger partial charge in [-0.1, -0.05) is 6.07 Å². The van der Waals surface area contributed by atoms with Crippen molar-refractivity contribution in [2.75, 3.05) is 14.2 Å². The van der Waals surface area contributed by atoms with Crippen LogP contribution in [0.3, 0.4) is 0 Å². The largest absolute Gasteiger partial charge is 0.507 e. The van der Waals surface area contributed by atoms with Gasteiger partial charge in [-0.2, -0.15) is 0 Å². The minimum Gasteiger partial charge on any atom is -0.507 e. The zero-order valence-electron chi connectivity index (χ0n) is 14.2. The SMILES string of the molecule is COc1ccc(C2CC(=O)Oc3ccc(C(C)=O)c(O)c32)cc1OC. The lowest BCUT2D eigenvalue weighted by Crippen LogP contribution is -2.21. The maximum Gasteiger partial charge on any atom is 0.312 e. The molecule has 130 valence electrons. The summed E-state index contributed by atoms with van der Waals surface area (Å²) < 4.78 is 15.8. The first kappa shape index (κ1) is 16.8. The van der Waals surface area contributed by atoms with Crippen LogP contribution in [-0.4, -0.2) is 31.1 Å². The molecule has 0 radical (unpaired) electrons. The van der Waals surface area contributed by atoms with Gasteiger partial charge in [0.15, 0.2) is 17.3 Å². The number of hydrogen-bond donors (Lipinski definition) is 1. The van der Waals surface area contributed by atoms with Crippen LogP contribution in [0.2, 0.25) is 0 Å². The fourth-order valence-electron chi connectivity index (χ4n) is 3.09. The number of ketones is 1. The fraction of sp³-hybridized carbons (Fsp3) is 0.263. The van der Waals surface area contributed by atoms with Gasteiger partial charge in [-0.15, -0.1) is 0 Å². The Kier molecular flexibility index (Phi) is 4.35. The number of benzene rings is 2. The molecule has 25 heavy (non-hydrogen) atoms. The first-order valence-corrected chi connectivity index (χ1v) is 7.75. The highest BCUT2D eigenvalue weighted by Gasteiger charge is 2.33. The summed E-state index contributed by atoms with van der Waals surface area (Å²) in [4.78, 5) is 23.7. The summed E-state index contributed by atoms with van der Waals surface area (Å²) in [6.07, 6.45) is 0.0530. The molecule has 0 bridgehead atoms. The van der Waals surface area contributed by atoms with E-state index in [9.17, 15) is 14.7 Å². The van der Waals surface area contributed by atoms with Gasteiger partial charge >= 0.3 is 5.97 Å². The third-order valence-electron chi connectivity index (χ3n) is 4.31. The number of phenols is 1. The van der Waals surface area contributed by atoms with E-state index in [1.807, 2.05) is 0 Å². The Bertz CT molecular complexity index is 855. The Labute approximate surface area is 144 Å². The maximum atomic E-state index is 12.0. The minimum absolute atomic E-state index is 0.0530. The molecule has 0 aromatic heterocycles. The molecule has 1 unspecified atom stereocenters. The van der Waals surface area contributed by atoms with Crippen LogP contribution in [0, 0.1) is 0 Å². The molecule has 1 heterocycles. The van der Waals surface area contributed by atoms with Crippen molar-refractivity contribution >= 4 is 11.8 Å². The molecule has 3 rings (SSSR count). The summed E-state index contributed by atoms with van der Waals surface area (Å²) in [6.45, 7) is 1.38. The predicted octanol–water partition coefficient (Wildman–Crippen LogP) is 3.05. The van der Waals surface area contributed by atoms with E-state index in [-0.39, 0.29) is 29.3 Å². The van der Waals surface area contributed by atoms with Crippen LogP contribution in [0.15, 0.2) is 30.3 Å². The zero-order chi connectivity index (χ0) is 18.1. The van der Waals surface area contributed by atoms with Crippen LogP contribution < -0.4 is 14.2 Å². The van der Waals surface area contributed by atoms with Crippen LogP contribution in [0.4, 0.5) is 0 Å². The lowest BCUT2D eigenvalue weighted by molar-refractivity contribution is -0.135. The molecule has 0 aliphatic carbocycles.